The van der Waals surface area contributed by atoms with Crippen molar-refractivity contribution >= 4 is 0 Å². The normalized spacial score (nSPS) is 24.2. The van der Waals surface area contributed by atoms with Crippen molar-refractivity contribution in [3.8, 4) is 0 Å². The molecule has 0 bridgehead atoms. The van der Waals surface area contributed by atoms with Gasteiger partial charge in [-0.3, -0.25) is 4.90 Å². The number of hydrogen-bond donors (Lipinski definition) is 1. The van der Waals surface area contributed by atoms with Gasteiger partial charge in [-0.15, -0.1) is 0 Å². The zero-order valence-electron chi connectivity index (χ0n) is 10.1. The van der Waals surface area contributed by atoms with Crippen molar-refractivity contribution in [2.45, 2.75) is 44.8 Å². The Kier molecular flexibility index (Phi) is 3.65. The van der Waals surface area contributed by atoms with Gasteiger partial charge in [0.25, 0.3) is 0 Å². The smallest absolute Gasteiger partial charge is 0.0902 e. The summed E-state index contributed by atoms with van der Waals surface area (Å²) in [6.45, 7) is 9.75. The van der Waals surface area contributed by atoms with E-state index in [-0.39, 0.29) is 5.60 Å². The van der Waals surface area contributed by atoms with Crippen LogP contribution in [0.25, 0.3) is 0 Å². The molecule has 3 heteroatoms. The van der Waals surface area contributed by atoms with Crippen molar-refractivity contribution in [1.82, 2.24) is 10.2 Å². The van der Waals surface area contributed by atoms with Crippen molar-refractivity contribution in [3.63, 3.8) is 0 Å². The van der Waals surface area contributed by atoms with E-state index in [1.807, 2.05) is 0 Å². The molecule has 1 N–H and O–H groups in total. The van der Waals surface area contributed by atoms with Crippen LogP contribution in [0.4, 0.5) is 0 Å². The maximum absolute atomic E-state index is 5.92. The lowest BCUT2D eigenvalue weighted by molar-refractivity contribution is -0.0726. The maximum atomic E-state index is 5.92. The molecular formula is C12H24N2O. The minimum absolute atomic E-state index is 0.126. The molecule has 1 saturated heterocycles. The molecule has 0 amide bonds. The highest BCUT2D eigenvalue weighted by molar-refractivity contribution is 4.90. The van der Waals surface area contributed by atoms with Gasteiger partial charge in [0.05, 0.1) is 12.2 Å². The summed E-state index contributed by atoms with van der Waals surface area (Å²) in [5.41, 5.74) is 0.126. The number of nitrogens with zero attached hydrogens (tertiary/aromatic N) is 1. The van der Waals surface area contributed by atoms with Gasteiger partial charge >= 0.3 is 0 Å². The number of ether oxygens (including phenoxy) is 1. The molecule has 88 valence electrons. The summed E-state index contributed by atoms with van der Waals surface area (Å²) in [6, 6.07) is 0.876. The van der Waals surface area contributed by atoms with Gasteiger partial charge < -0.3 is 10.1 Å². The molecule has 1 aliphatic heterocycles. The van der Waals surface area contributed by atoms with Crippen LogP contribution in [0.2, 0.25) is 0 Å². The molecule has 0 atom stereocenters. The molecule has 0 unspecified atom stereocenters. The van der Waals surface area contributed by atoms with Gasteiger partial charge in [-0.1, -0.05) is 6.92 Å². The van der Waals surface area contributed by atoms with Crippen molar-refractivity contribution in [3.05, 3.63) is 0 Å². The van der Waals surface area contributed by atoms with Crippen molar-refractivity contribution in [1.29, 1.82) is 0 Å². The molecule has 1 heterocycles. The molecule has 0 radical (unpaired) electrons. The van der Waals surface area contributed by atoms with E-state index in [1.54, 1.807) is 0 Å². The van der Waals surface area contributed by atoms with Gasteiger partial charge in [0.2, 0.25) is 0 Å². The lowest BCUT2D eigenvalue weighted by Crippen LogP contribution is -2.59. The van der Waals surface area contributed by atoms with Gasteiger partial charge in [-0.2, -0.15) is 0 Å². The highest BCUT2D eigenvalue weighted by Crippen LogP contribution is 2.26. The van der Waals surface area contributed by atoms with Gasteiger partial charge in [0, 0.05) is 25.7 Å². The van der Waals surface area contributed by atoms with Crippen LogP contribution in [0.5, 0.6) is 0 Å². The van der Waals surface area contributed by atoms with Crippen LogP contribution in [-0.4, -0.2) is 49.3 Å². The fourth-order valence-electron chi connectivity index (χ4n) is 2.19. The number of hydrogen-bond acceptors (Lipinski definition) is 3. The van der Waals surface area contributed by atoms with Crippen LogP contribution in [0, 0.1) is 0 Å². The molecule has 0 aromatic rings. The summed E-state index contributed by atoms with van der Waals surface area (Å²) < 4.78 is 5.92. The second kappa shape index (κ2) is 4.81. The van der Waals surface area contributed by atoms with E-state index in [9.17, 15) is 0 Å². The molecule has 2 aliphatic rings. The zero-order valence-corrected chi connectivity index (χ0v) is 10.1. The van der Waals surface area contributed by atoms with Gasteiger partial charge in [0.15, 0.2) is 0 Å². The highest BCUT2D eigenvalue weighted by Gasteiger charge is 2.33. The second-order valence-electron chi connectivity index (χ2n) is 5.17. The van der Waals surface area contributed by atoms with Crippen LogP contribution >= 0.6 is 0 Å². The fraction of sp³-hybridized carbons (Fsp3) is 1.00. The van der Waals surface area contributed by atoms with Gasteiger partial charge in [-0.25, -0.2) is 0 Å². The van der Waals surface area contributed by atoms with Gasteiger partial charge in [0.1, 0.15) is 0 Å². The molecule has 1 aliphatic carbocycles. The molecule has 2 rings (SSSR count). The third-order valence-electron chi connectivity index (χ3n) is 3.40. The number of rotatable bonds is 7. The van der Waals surface area contributed by atoms with Crippen molar-refractivity contribution < 1.29 is 4.74 Å². The van der Waals surface area contributed by atoms with E-state index in [4.69, 9.17) is 4.74 Å². The Morgan fingerprint density at radius 3 is 2.53 bits per heavy atom. The molecule has 2 fully saturated rings. The quantitative estimate of drug-likeness (QED) is 0.687. The Bertz CT molecular complexity index is 200. The topological polar surface area (TPSA) is 24.5 Å². The first-order valence-corrected chi connectivity index (χ1v) is 6.32. The average molecular weight is 212 g/mol. The highest BCUT2D eigenvalue weighted by atomic mass is 16.5. The first-order chi connectivity index (χ1) is 7.23. The first kappa shape index (κ1) is 11.4. The summed E-state index contributed by atoms with van der Waals surface area (Å²) in [5, 5.41) is 3.26. The summed E-state index contributed by atoms with van der Waals surface area (Å²) in [4.78, 5) is 2.59. The molecular weight excluding hydrogens is 188 g/mol. The zero-order chi connectivity index (χ0) is 10.7. The first-order valence-electron chi connectivity index (χ1n) is 6.32. The molecule has 0 aromatic heterocycles. The second-order valence-corrected chi connectivity index (χ2v) is 5.17. The van der Waals surface area contributed by atoms with Gasteiger partial charge in [-0.05, 0) is 32.7 Å². The molecule has 1 saturated carbocycles. The van der Waals surface area contributed by atoms with E-state index in [2.05, 4.69) is 24.1 Å². The third kappa shape index (κ3) is 3.16. The van der Waals surface area contributed by atoms with Crippen molar-refractivity contribution in [2.75, 3.05) is 32.8 Å². The summed E-state index contributed by atoms with van der Waals surface area (Å²) in [5.74, 6) is 0. The average Bonchev–Trinajstić information content (AvgIpc) is 2.97. The Morgan fingerprint density at radius 2 is 2.07 bits per heavy atom. The monoisotopic (exact) mass is 212 g/mol. The summed E-state index contributed by atoms with van der Waals surface area (Å²) in [6.07, 6.45) is 4.06. The van der Waals surface area contributed by atoms with Crippen LogP contribution in [-0.2, 0) is 4.74 Å². The SMILES string of the molecule is CCCN(CCOC1(C)CNC1)C1CC1. The van der Waals surface area contributed by atoms with Crippen molar-refractivity contribution in [2.24, 2.45) is 0 Å². The largest absolute Gasteiger partial charge is 0.371 e. The Morgan fingerprint density at radius 1 is 1.33 bits per heavy atom. The molecule has 0 spiro atoms. The molecule has 15 heavy (non-hydrogen) atoms. The standard InChI is InChI=1S/C12H24N2O/c1-3-6-14(11-4-5-11)7-8-15-12(2)9-13-10-12/h11,13H,3-10H2,1-2H3. The van der Waals surface area contributed by atoms with E-state index in [0.29, 0.717) is 0 Å². The molecule has 0 aromatic carbocycles. The fourth-order valence-corrected chi connectivity index (χ4v) is 2.19. The van der Waals surface area contributed by atoms with Crippen LogP contribution < -0.4 is 5.32 Å². The minimum atomic E-state index is 0.126. The van der Waals surface area contributed by atoms with E-state index in [0.717, 1.165) is 32.3 Å². The van der Waals surface area contributed by atoms with Crippen LogP contribution in [0.1, 0.15) is 33.1 Å². The van der Waals surface area contributed by atoms with Crippen LogP contribution in [0.3, 0.4) is 0 Å². The third-order valence-corrected chi connectivity index (χ3v) is 3.40. The predicted octanol–water partition coefficient (Wildman–Crippen LogP) is 1.24. The lowest BCUT2D eigenvalue weighted by Gasteiger charge is -2.39. The summed E-state index contributed by atoms with van der Waals surface area (Å²) >= 11 is 0. The lowest BCUT2D eigenvalue weighted by atomic mass is 10.0. The Labute approximate surface area is 93.2 Å². The van der Waals surface area contributed by atoms with Crippen LogP contribution in [0.15, 0.2) is 0 Å². The maximum Gasteiger partial charge on any atom is 0.0902 e. The minimum Gasteiger partial charge on any atom is -0.371 e. The van der Waals surface area contributed by atoms with E-state index >= 15 is 0 Å². The summed E-state index contributed by atoms with van der Waals surface area (Å²) in [7, 11) is 0. The van der Waals surface area contributed by atoms with E-state index in [1.165, 1.54) is 25.8 Å². The van der Waals surface area contributed by atoms with E-state index < -0.39 is 0 Å². The predicted molar refractivity (Wildman–Crippen MR) is 62.1 cm³/mol. The number of nitrogens with one attached hydrogen (secondary N) is 1. The Hall–Kier alpha value is -0.120. The molecule has 3 nitrogen and oxygen atoms in total. The Balaban J connectivity index is 1.62.